The molecule has 30 heavy (non-hydrogen) atoms. The van der Waals surface area contributed by atoms with Crippen molar-refractivity contribution in [2.75, 3.05) is 12.4 Å². The van der Waals surface area contributed by atoms with Crippen LogP contribution in [0.15, 0.2) is 72.2 Å². The lowest BCUT2D eigenvalue weighted by Gasteiger charge is -2.06. The Morgan fingerprint density at radius 2 is 1.77 bits per heavy atom. The first-order valence-corrected chi connectivity index (χ1v) is 9.80. The highest BCUT2D eigenvalue weighted by atomic mass is 32.1. The van der Waals surface area contributed by atoms with Gasteiger partial charge < -0.3 is 19.2 Å². The molecule has 1 amide bonds. The van der Waals surface area contributed by atoms with Crippen molar-refractivity contribution in [3.05, 3.63) is 77.9 Å². The number of aromatic nitrogens is 1. The molecule has 0 aliphatic heterocycles. The first-order valence-electron chi connectivity index (χ1n) is 8.92. The number of nitrogens with one attached hydrogen (secondary N) is 1. The molecule has 0 saturated heterocycles. The number of amides is 1. The third kappa shape index (κ3) is 3.81. The monoisotopic (exact) mass is 420 g/mol. The van der Waals surface area contributed by atoms with E-state index < -0.39 is 17.8 Å². The van der Waals surface area contributed by atoms with E-state index in [-0.39, 0.29) is 11.4 Å². The smallest absolute Gasteiger partial charge is 0.437 e. The number of methoxy groups -OCH3 is 1. The van der Waals surface area contributed by atoms with Crippen LogP contribution in [0.25, 0.3) is 16.6 Å². The topological polar surface area (TPSA) is 86.1 Å². The molecule has 0 aliphatic rings. The average molecular weight is 420 g/mol. The molecule has 3 heterocycles. The third-order valence-corrected chi connectivity index (χ3v) is 5.19. The fourth-order valence-corrected chi connectivity index (χ4v) is 3.74. The number of ketones is 1. The summed E-state index contributed by atoms with van der Waals surface area (Å²) in [4.78, 5) is 37.0. The van der Waals surface area contributed by atoms with Crippen LogP contribution in [-0.2, 0) is 9.53 Å². The van der Waals surface area contributed by atoms with Gasteiger partial charge in [0.05, 0.1) is 12.1 Å². The van der Waals surface area contributed by atoms with Crippen LogP contribution in [0, 0.1) is 0 Å². The van der Waals surface area contributed by atoms with Crippen molar-refractivity contribution in [3.8, 4) is 16.9 Å². The number of carbonyl (C=O) groups is 3. The van der Waals surface area contributed by atoms with Gasteiger partial charge in [0.15, 0.2) is 0 Å². The molecule has 1 N–H and O–H groups in total. The van der Waals surface area contributed by atoms with Crippen molar-refractivity contribution in [2.45, 2.75) is 0 Å². The number of ether oxygens (including phenoxy) is 2. The predicted molar refractivity (Wildman–Crippen MR) is 113 cm³/mol. The summed E-state index contributed by atoms with van der Waals surface area (Å²) < 4.78 is 11.0. The average Bonchev–Trinajstić information content (AvgIpc) is 3.37. The minimum absolute atomic E-state index is 0.215. The lowest BCUT2D eigenvalue weighted by Crippen LogP contribution is -2.24. The number of benzene rings is 1. The molecule has 0 unspecified atom stereocenters. The van der Waals surface area contributed by atoms with Crippen molar-refractivity contribution < 1.29 is 23.9 Å². The summed E-state index contributed by atoms with van der Waals surface area (Å²) in [5.41, 5.74) is 2.58. The van der Waals surface area contributed by atoms with Gasteiger partial charge in [-0.05, 0) is 23.8 Å². The molecule has 4 rings (SSSR count). The maximum absolute atomic E-state index is 13.1. The molecule has 1 aromatic carbocycles. The van der Waals surface area contributed by atoms with Gasteiger partial charge in [-0.1, -0.05) is 36.4 Å². The highest BCUT2D eigenvalue weighted by Gasteiger charge is 2.25. The van der Waals surface area contributed by atoms with Crippen molar-refractivity contribution in [2.24, 2.45) is 0 Å². The molecule has 0 fully saturated rings. The van der Waals surface area contributed by atoms with Crippen LogP contribution in [-0.4, -0.2) is 29.4 Å². The van der Waals surface area contributed by atoms with Gasteiger partial charge in [-0.15, -0.1) is 11.3 Å². The van der Waals surface area contributed by atoms with Crippen LogP contribution in [0.3, 0.4) is 0 Å². The van der Waals surface area contributed by atoms with Gasteiger partial charge in [0.25, 0.3) is 11.7 Å². The molecule has 7 nitrogen and oxygen atoms in total. The molecule has 150 valence electrons. The third-order valence-electron chi connectivity index (χ3n) is 4.37. The number of Topliss-reactive ketones (excluding diaryl/α,β-unsaturated/α-hetero) is 1. The summed E-state index contributed by atoms with van der Waals surface area (Å²) >= 11 is 1.13. The van der Waals surface area contributed by atoms with Gasteiger partial charge in [0.1, 0.15) is 11.4 Å². The van der Waals surface area contributed by atoms with Gasteiger partial charge in [0.2, 0.25) is 0 Å². The molecule has 0 spiro atoms. The zero-order valence-corrected chi connectivity index (χ0v) is 16.6. The number of rotatable bonds is 5. The Kier molecular flexibility index (Phi) is 5.32. The molecule has 3 aromatic heterocycles. The standard InChI is InChI=1S/C22H16N2O5S/c1-28-22(27)29-16-12-18(30-13-16)23-21(26)20(25)19-17(14-7-3-2-4-8-14)11-15-9-5-6-10-24(15)19/h2-13H,1H3,(H,23,26). The Bertz CT molecular complexity index is 1240. The Morgan fingerprint density at radius 1 is 1.00 bits per heavy atom. The minimum atomic E-state index is -0.867. The van der Waals surface area contributed by atoms with Gasteiger partial charge in [-0.3, -0.25) is 9.59 Å². The summed E-state index contributed by atoms with van der Waals surface area (Å²) in [5, 5.41) is 4.47. The van der Waals surface area contributed by atoms with E-state index in [0.29, 0.717) is 10.6 Å². The number of pyridine rings is 1. The lowest BCUT2D eigenvalue weighted by atomic mass is 10.0. The molecule has 4 aromatic rings. The number of anilines is 1. The summed E-state index contributed by atoms with van der Waals surface area (Å²) in [6.07, 6.45) is 0.879. The summed E-state index contributed by atoms with van der Waals surface area (Å²) in [7, 11) is 1.20. The minimum Gasteiger partial charge on any atom is -0.437 e. The van der Waals surface area contributed by atoms with E-state index in [0.717, 1.165) is 22.4 Å². The van der Waals surface area contributed by atoms with E-state index >= 15 is 0 Å². The van der Waals surface area contributed by atoms with Gasteiger partial charge >= 0.3 is 6.16 Å². The number of thiophene rings is 1. The van der Waals surface area contributed by atoms with Crippen LogP contribution in [0.1, 0.15) is 10.5 Å². The van der Waals surface area contributed by atoms with Crippen LogP contribution in [0.5, 0.6) is 5.75 Å². The number of hydrogen-bond donors (Lipinski definition) is 1. The highest BCUT2D eigenvalue weighted by Crippen LogP contribution is 2.30. The van der Waals surface area contributed by atoms with Crippen molar-refractivity contribution in [1.29, 1.82) is 0 Å². The van der Waals surface area contributed by atoms with E-state index in [1.54, 1.807) is 16.7 Å². The number of fused-ring (bicyclic) bond motifs is 1. The first kappa shape index (κ1) is 19.4. The summed E-state index contributed by atoms with van der Waals surface area (Å²) in [6.45, 7) is 0. The maximum Gasteiger partial charge on any atom is 0.513 e. The van der Waals surface area contributed by atoms with Gasteiger partial charge in [-0.25, -0.2) is 4.79 Å². The number of carbonyl (C=O) groups excluding carboxylic acids is 3. The number of nitrogens with zero attached hydrogens (tertiary/aromatic N) is 1. The molecular formula is C22H16N2O5S. The van der Waals surface area contributed by atoms with E-state index in [1.807, 2.05) is 48.5 Å². The zero-order valence-electron chi connectivity index (χ0n) is 15.8. The van der Waals surface area contributed by atoms with Crippen LogP contribution in [0.2, 0.25) is 0 Å². The molecule has 0 radical (unpaired) electrons. The van der Waals surface area contributed by atoms with Crippen molar-refractivity contribution in [3.63, 3.8) is 0 Å². The van der Waals surface area contributed by atoms with Crippen molar-refractivity contribution >= 4 is 39.7 Å². The summed E-state index contributed by atoms with van der Waals surface area (Å²) in [5.74, 6) is -1.25. The van der Waals surface area contributed by atoms with Crippen LogP contribution >= 0.6 is 11.3 Å². The second-order valence-electron chi connectivity index (χ2n) is 6.25. The summed E-state index contributed by atoms with van der Waals surface area (Å²) in [6, 6.07) is 18.3. The van der Waals surface area contributed by atoms with Gasteiger partial charge in [-0.2, -0.15) is 0 Å². The predicted octanol–water partition coefficient (Wildman–Crippen LogP) is 4.63. The lowest BCUT2D eigenvalue weighted by molar-refractivity contribution is -0.112. The Morgan fingerprint density at radius 3 is 2.53 bits per heavy atom. The van der Waals surface area contributed by atoms with E-state index in [9.17, 15) is 14.4 Å². The number of hydrogen-bond acceptors (Lipinski definition) is 6. The molecule has 0 atom stereocenters. The molecular weight excluding hydrogens is 404 g/mol. The van der Waals surface area contributed by atoms with E-state index in [4.69, 9.17) is 4.74 Å². The second kappa shape index (κ2) is 8.22. The van der Waals surface area contributed by atoms with Crippen molar-refractivity contribution in [1.82, 2.24) is 4.40 Å². The molecule has 0 aliphatic carbocycles. The van der Waals surface area contributed by atoms with E-state index in [2.05, 4.69) is 10.1 Å². The van der Waals surface area contributed by atoms with Crippen LogP contribution < -0.4 is 10.1 Å². The largest absolute Gasteiger partial charge is 0.513 e. The second-order valence-corrected chi connectivity index (χ2v) is 7.17. The fourth-order valence-electron chi connectivity index (χ4n) is 3.05. The highest BCUT2D eigenvalue weighted by molar-refractivity contribution is 7.14. The quantitative estimate of drug-likeness (QED) is 0.289. The zero-order chi connectivity index (χ0) is 21.1. The Balaban J connectivity index is 1.64. The normalized spacial score (nSPS) is 10.6. The molecule has 0 saturated carbocycles. The first-order chi connectivity index (χ1) is 14.6. The Hall–Kier alpha value is -3.91. The molecule has 0 bridgehead atoms. The maximum atomic E-state index is 13.1. The Labute approximate surface area is 175 Å². The SMILES string of the molecule is COC(=O)Oc1csc(NC(=O)C(=O)c2c(-c3ccccc3)cc3ccccn23)c1. The fraction of sp³-hybridized carbons (Fsp3) is 0.0455. The van der Waals surface area contributed by atoms with E-state index in [1.165, 1.54) is 18.6 Å². The van der Waals surface area contributed by atoms with Gasteiger partial charge in [0, 0.05) is 28.7 Å². The molecule has 8 heteroatoms. The van der Waals surface area contributed by atoms with Crippen LogP contribution in [0.4, 0.5) is 9.80 Å².